The number of halogens is 2. The lowest BCUT2D eigenvalue weighted by atomic mass is 9.84. The number of aliphatic imine (C=N–C) groups is 1. The van der Waals surface area contributed by atoms with Gasteiger partial charge < -0.3 is 14.4 Å². The number of aryl methyl sites for hydroxylation is 1. The van der Waals surface area contributed by atoms with Crippen LogP contribution < -0.4 is 9.64 Å². The molecule has 3 aliphatic heterocycles. The zero-order valence-corrected chi connectivity index (χ0v) is 23.4. The molecular weight excluding hydrogens is 526 g/mol. The lowest BCUT2D eigenvalue weighted by Crippen LogP contribution is -2.41. The van der Waals surface area contributed by atoms with Gasteiger partial charge in [-0.1, -0.05) is 38.1 Å². The first-order chi connectivity index (χ1) is 19.9. The first kappa shape index (κ1) is 27.4. The van der Waals surface area contributed by atoms with E-state index in [-0.39, 0.29) is 29.9 Å². The van der Waals surface area contributed by atoms with Gasteiger partial charge in [0, 0.05) is 42.9 Å². The summed E-state index contributed by atoms with van der Waals surface area (Å²) in [6.07, 6.45) is 6.90. The van der Waals surface area contributed by atoms with Gasteiger partial charge in [-0.05, 0) is 54.0 Å². The Morgan fingerprint density at radius 3 is 2.24 bits per heavy atom. The molecule has 4 heterocycles. The van der Waals surface area contributed by atoms with Gasteiger partial charge >= 0.3 is 0 Å². The third-order valence-electron chi connectivity index (χ3n) is 8.07. The summed E-state index contributed by atoms with van der Waals surface area (Å²) >= 11 is 0. The number of rotatable bonds is 9. The fraction of sp³-hybridized carbons (Fsp3) is 0.452. The minimum atomic E-state index is -0.712. The van der Waals surface area contributed by atoms with Crippen molar-refractivity contribution in [2.75, 3.05) is 37.8 Å². The van der Waals surface area contributed by atoms with Gasteiger partial charge in [-0.2, -0.15) is 5.11 Å². The van der Waals surface area contributed by atoms with Gasteiger partial charge in [0.05, 0.1) is 19.8 Å². The number of amidine groups is 1. The van der Waals surface area contributed by atoms with E-state index in [1.165, 1.54) is 12.1 Å². The molecule has 0 radical (unpaired) electrons. The second-order valence-electron chi connectivity index (χ2n) is 11.5. The number of hydrogen-bond donors (Lipinski definition) is 0. The molecule has 8 nitrogen and oxygen atoms in total. The van der Waals surface area contributed by atoms with Gasteiger partial charge in [-0.25, -0.2) is 23.7 Å². The SMILES string of the molecule is CCc1cnc(N2CCC(COc3c(F)cc(-c4ccc(C5=NC(CC6(C)COC6)N=N5)cc4)cc3F)CC2)nc1. The number of aromatic nitrogens is 2. The zero-order valence-electron chi connectivity index (χ0n) is 23.4. The minimum Gasteiger partial charge on any atom is -0.487 e. The lowest BCUT2D eigenvalue weighted by molar-refractivity contribution is -0.108. The van der Waals surface area contributed by atoms with Crippen molar-refractivity contribution in [3.63, 3.8) is 0 Å². The highest BCUT2D eigenvalue weighted by atomic mass is 19.1. The van der Waals surface area contributed by atoms with Crippen molar-refractivity contribution in [1.82, 2.24) is 9.97 Å². The molecule has 1 unspecified atom stereocenters. The Bertz CT molecular complexity index is 1410. The molecule has 3 aliphatic rings. The van der Waals surface area contributed by atoms with Crippen LogP contribution in [0.5, 0.6) is 5.75 Å². The average Bonchev–Trinajstić information content (AvgIpc) is 3.44. The molecule has 10 heteroatoms. The largest absolute Gasteiger partial charge is 0.487 e. The Hall–Kier alpha value is -3.79. The van der Waals surface area contributed by atoms with Gasteiger partial charge in [0.1, 0.15) is 0 Å². The van der Waals surface area contributed by atoms with Crippen LogP contribution in [0.1, 0.15) is 44.2 Å². The fourth-order valence-corrected chi connectivity index (χ4v) is 5.41. The molecule has 0 amide bonds. The van der Waals surface area contributed by atoms with E-state index in [9.17, 15) is 8.78 Å². The summed E-state index contributed by atoms with van der Waals surface area (Å²) in [7, 11) is 0. The van der Waals surface area contributed by atoms with Crippen molar-refractivity contribution in [3.05, 3.63) is 71.6 Å². The number of azo groups is 1. The summed E-state index contributed by atoms with van der Waals surface area (Å²) in [5.74, 6) is -0.261. The average molecular weight is 561 g/mol. The smallest absolute Gasteiger partial charge is 0.225 e. The number of anilines is 1. The fourth-order valence-electron chi connectivity index (χ4n) is 5.41. The summed E-state index contributed by atoms with van der Waals surface area (Å²) in [4.78, 5) is 15.7. The molecule has 0 saturated carbocycles. The third-order valence-corrected chi connectivity index (χ3v) is 8.07. The number of hydrogen-bond acceptors (Lipinski definition) is 8. The van der Waals surface area contributed by atoms with Gasteiger partial charge in [0.15, 0.2) is 29.4 Å². The van der Waals surface area contributed by atoms with E-state index < -0.39 is 11.6 Å². The monoisotopic (exact) mass is 560 g/mol. The molecule has 1 aromatic heterocycles. The van der Waals surface area contributed by atoms with E-state index in [2.05, 4.69) is 43.9 Å². The molecule has 2 fully saturated rings. The van der Waals surface area contributed by atoms with Crippen molar-refractivity contribution in [2.45, 2.75) is 45.7 Å². The highest BCUT2D eigenvalue weighted by Crippen LogP contribution is 2.35. The summed E-state index contributed by atoms with van der Waals surface area (Å²) in [6, 6.07) is 9.95. The van der Waals surface area contributed by atoms with Crippen LogP contribution in [-0.4, -0.2) is 54.9 Å². The first-order valence-corrected chi connectivity index (χ1v) is 14.2. The normalized spacial score (nSPS) is 20.1. The summed E-state index contributed by atoms with van der Waals surface area (Å²) in [5.41, 5.74) is 3.14. The van der Waals surface area contributed by atoms with Crippen LogP contribution in [0, 0.1) is 23.0 Å². The van der Waals surface area contributed by atoms with Crippen LogP contribution in [0.25, 0.3) is 11.1 Å². The van der Waals surface area contributed by atoms with Crippen molar-refractivity contribution >= 4 is 11.8 Å². The third kappa shape index (κ3) is 6.12. The molecule has 0 N–H and O–H groups in total. The Morgan fingerprint density at radius 1 is 0.976 bits per heavy atom. The van der Waals surface area contributed by atoms with Crippen molar-refractivity contribution in [2.24, 2.45) is 26.6 Å². The highest BCUT2D eigenvalue weighted by Gasteiger charge is 2.37. The van der Waals surface area contributed by atoms with Crippen molar-refractivity contribution < 1.29 is 18.3 Å². The molecule has 6 rings (SSSR count). The molecule has 0 spiro atoms. The van der Waals surface area contributed by atoms with Crippen LogP contribution in [0.4, 0.5) is 14.7 Å². The van der Waals surface area contributed by atoms with E-state index in [4.69, 9.17) is 9.47 Å². The van der Waals surface area contributed by atoms with E-state index in [0.29, 0.717) is 17.0 Å². The van der Waals surface area contributed by atoms with Crippen LogP contribution in [0.15, 0.2) is 64.0 Å². The van der Waals surface area contributed by atoms with Gasteiger partial charge in [0.2, 0.25) is 5.95 Å². The summed E-state index contributed by atoms with van der Waals surface area (Å²) in [6.45, 7) is 7.50. The molecule has 3 aromatic rings. The maximum absolute atomic E-state index is 15.0. The number of nitrogens with zero attached hydrogens (tertiary/aromatic N) is 6. The van der Waals surface area contributed by atoms with Gasteiger partial charge in [-0.15, -0.1) is 5.11 Å². The quantitative estimate of drug-likeness (QED) is 0.309. The molecule has 1 atom stereocenters. The molecule has 2 aromatic carbocycles. The minimum absolute atomic E-state index is 0.102. The molecule has 0 aliphatic carbocycles. The van der Waals surface area contributed by atoms with Crippen molar-refractivity contribution in [1.29, 1.82) is 0 Å². The van der Waals surface area contributed by atoms with E-state index in [1.54, 1.807) is 0 Å². The van der Waals surface area contributed by atoms with Crippen LogP contribution >= 0.6 is 0 Å². The van der Waals surface area contributed by atoms with Crippen LogP contribution in [0.3, 0.4) is 0 Å². The van der Waals surface area contributed by atoms with E-state index in [0.717, 1.165) is 69.1 Å². The maximum Gasteiger partial charge on any atom is 0.225 e. The predicted octanol–water partition coefficient (Wildman–Crippen LogP) is 6.24. The van der Waals surface area contributed by atoms with Crippen LogP contribution in [-0.2, 0) is 11.2 Å². The molecule has 0 bridgehead atoms. The predicted molar refractivity (Wildman–Crippen MR) is 152 cm³/mol. The second-order valence-corrected chi connectivity index (χ2v) is 11.5. The number of ether oxygens (including phenoxy) is 2. The van der Waals surface area contributed by atoms with Crippen LogP contribution in [0.2, 0.25) is 0 Å². The van der Waals surface area contributed by atoms with Crippen molar-refractivity contribution in [3.8, 4) is 16.9 Å². The molecule has 41 heavy (non-hydrogen) atoms. The highest BCUT2D eigenvalue weighted by molar-refractivity contribution is 6.00. The zero-order chi connectivity index (χ0) is 28.4. The summed E-state index contributed by atoms with van der Waals surface area (Å²) in [5, 5.41) is 8.54. The second kappa shape index (κ2) is 11.6. The number of piperidine rings is 1. The van der Waals surface area contributed by atoms with Gasteiger partial charge in [0.25, 0.3) is 0 Å². The van der Waals surface area contributed by atoms with E-state index >= 15 is 0 Å². The number of benzene rings is 2. The Labute approximate surface area is 238 Å². The molecule has 214 valence electrons. The topological polar surface area (TPSA) is 84.6 Å². The molecule has 2 saturated heterocycles. The van der Waals surface area contributed by atoms with Gasteiger partial charge in [-0.3, -0.25) is 0 Å². The summed E-state index contributed by atoms with van der Waals surface area (Å²) < 4.78 is 41.0. The lowest BCUT2D eigenvalue weighted by Gasteiger charge is -2.38. The standard InChI is InChI=1S/C31H34F2N6O2/c1-3-20-15-34-30(35-16-20)39-10-8-21(9-11-39)17-41-28-25(32)12-24(13-26(28)33)22-4-6-23(7-5-22)29-36-27(37-38-29)14-31(2)18-40-19-31/h4-7,12-13,15-16,21,27H,3,8-11,14,17-19H2,1-2H3. The Balaban J connectivity index is 1.04. The Morgan fingerprint density at radius 2 is 1.63 bits per heavy atom. The Kier molecular flexibility index (Phi) is 7.75. The first-order valence-electron chi connectivity index (χ1n) is 14.2. The maximum atomic E-state index is 15.0. The van der Waals surface area contributed by atoms with E-state index in [1.807, 2.05) is 36.7 Å². The molecular formula is C31H34F2N6O2.